The number of ether oxygens (including phenoxy) is 1. The summed E-state index contributed by atoms with van der Waals surface area (Å²) in [5.74, 6) is -0.335. The van der Waals surface area contributed by atoms with Gasteiger partial charge in [0, 0.05) is 0 Å². The number of hydrogen-bond acceptors (Lipinski definition) is 3. The van der Waals surface area contributed by atoms with Crippen LogP contribution in [0.1, 0.15) is 35.9 Å². The first-order chi connectivity index (χ1) is 8.74. The fourth-order valence-electron chi connectivity index (χ4n) is 1.87. The van der Waals surface area contributed by atoms with Gasteiger partial charge in [-0.1, -0.05) is 30.3 Å². The van der Waals surface area contributed by atoms with E-state index in [1.807, 2.05) is 41.8 Å². The molecule has 2 rings (SSSR count). The molecule has 0 aliphatic heterocycles. The molecule has 1 aromatic carbocycles. The van der Waals surface area contributed by atoms with E-state index in [-0.39, 0.29) is 41.6 Å². The van der Waals surface area contributed by atoms with Crippen molar-refractivity contribution in [1.29, 1.82) is 0 Å². The van der Waals surface area contributed by atoms with Crippen LogP contribution in [0.4, 0.5) is 0 Å². The first-order valence-electron chi connectivity index (χ1n) is 5.98. The Bertz CT molecular complexity index is 525. The quantitative estimate of drug-likeness (QED) is 0.629. The van der Waals surface area contributed by atoms with Gasteiger partial charge in [0.05, 0.1) is 25.2 Å². The number of benzene rings is 1. The number of hydrogen-bond donors (Lipinski definition) is 0. The molecule has 0 aliphatic carbocycles. The zero-order chi connectivity index (χ0) is 13.0. The van der Waals surface area contributed by atoms with E-state index >= 15 is 0 Å². The molecule has 0 saturated heterocycles. The van der Waals surface area contributed by atoms with Crippen LogP contribution in [-0.2, 0) is 4.74 Å². The predicted molar refractivity (Wildman–Crippen MR) is 75.6 cm³/mol. The third kappa shape index (κ3) is 3.69. The number of aromatic nitrogens is 2. The zero-order valence-corrected chi connectivity index (χ0v) is 10.5. The van der Waals surface area contributed by atoms with E-state index in [0.717, 1.165) is 5.56 Å². The molecule has 1 heterocycles. The molecular formula is C14H17N2NaO2. The average Bonchev–Trinajstić information content (AvgIpc) is 2.88. The number of carbonyl (C=O) groups is 1. The van der Waals surface area contributed by atoms with Crippen molar-refractivity contribution >= 4 is 35.5 Å². The molecule has 4 nitrogen and oxygen atoms in total. The Morgan fingerprint density at radius 2 is 2.05 bits per heavy atom. The molecule has 0 bridgehead atoms. The van der Waals surface area contributed by atoms with Crippen LogP contribution in [-0.4, -0.2) is 51.7 Å². The summed E-state index contributed by atoms with van der Waals surface area (Å²) in [6.07, 6.45) is 3.20. The number of nitrogens with zero attached hydrogens (tertiary/aromatic N) is 2. The second-order valence-electron chi connectivity index (χ2n) is 3.99. The van der Waals surface area contributed by atoms with Gasteiger partial charge < -0.3 is 9.30 Å². The molecule has 1 aromatic heterocycles. The van der Waals surface area contributed by atoms with E-state index in [1.165, 1.54) is 6.20 Å². The molecular weight excluding hydrogens is 251 g/mol. The third-order valence-electron chi connectivity index (χ3n) is 2.85. The van der Waals surface area contributed by atoms with Crippen LogP contribution in [0.5, 0.6) is 0 Å². The normalized spacial score (nSPS) is 11.5. The predicted octanol–water partition coefficient (Wildman–Crippen LogP) is 2.02. The first-order valence-corrected chi connectivity index (χ1v) is 5.98. The van der Waals surface area contributed by atoms with Crippen molar-refractivity contribution in [2.75, 3.05) is 6.61 Å². The summed E-state index contributed by atoms with van der Waals surface area (Å²) in [4.78, 5) is 15.8. The molecule has 5 heteroatoms. The minimum absolute atomic E-state index is 0. The maximum atomic E-state index is 11.8. The van der Waals surface area contributed by atoms with Gasteiger partial charge in [0.1, 0.15) is 5.69 Å². The van der Waals surface area contributed by atoms with E-state index in [1.54, 1.807) is 13.3 Å². The van der Waals surface area contributed by atoms with E-state index in [0.29, 0.717) is 12.3 Å². The summed E-state index contributed by atoms with van der Waals surface area (Å²) in [7, 11) is 0. The van der Waals surface area contributed by atoms with Crippen molar-refractivity contribution in [1.82, 2.24) is 9.55 Å². The van der Waals surface area contributed by atoms with Crippen molar-refractivity contribution in [3.8, 4) is 0 Å². The third-order valence-corrected chi connectivity index (χ3v) is 2.85. The Hall–Kier alpha value is -1.10. The summed E-state index contributed by atoms with van der Waals surface area (Å²) in [5.41, 5.74) is 1.61. The van der Waals surface area contributed by atoms with Crippen LogP contribution in [0, 0.1) is 0 Å². The molecule has 0 N–H and O–H groups in total. The van der Waals surface area contributed by atoms with E-state index in [4.69, 9.17) is 4.74 Å². The summed E-state index contributed by atoms with van der Waals surface area (Å²) in [6, 6.07) is 10.0. The molecule has 2 aromatic rings. The van der Waals surface area contributed by atoms with Crippen LogP contribution in [0.2, 0.25) is 0 Å². The number of imidazole rings is 1. The Labute approximate surface area is 135 Å². The van der Waals surface area contributed by atoms with Gasteiger partial charge in [0.15, 0.2) is 0 Å². The SMILES string of the molecule is CCOC(=O)c1cncn1C(C)c1ccccc1.[NaH]. The Balaban J connectivity index is 0.00000180. The van der Waals surface area contributed by atoms with E-state index in [2.05, 4.69) is 4.98 Å². The monoisotopic (exact) mass is 268 g/mol. The maximum absolute atomic E-state index is 11.8. The summed E-state index contributed by atoms with van der Waals surface area (Å²) in [5, 5.41) is 0. The number of carbonyl (C=O) groups excluding carboxylic acids is 1. The Morgan fingerprint density at radius 3 is 2.68 bits per heavy atom. The minimum atomic E-state index is -0.335. The van der Waals surface area contributed by atoms with Crippen molar-refractivity contribution < 1.29 is 9.53 Å². The van der Waals surface area contributed by atoms with E-state index < -0.39 is 0 Å². The van der Waals surface area contributed by atoms with Gasteiger partial charge in [0.2, 0.25) is 0 Å². The fourth-order valence-corrected chi connectivity index (χ4v) is 1.87. The molecule has 0 amide bonds. The van der Waals surface area contributed by atoms with Gasteiger partial charge in [-0.2, -0.15) is 0 Å². The van der Waals surface area contributed by atoms with Gasteiger partial charge in [0.25, 0.3) is 0 Å². The second-order valence-corrected chi connectivity index (χ2v) is 3.99. The molecule has 1 atom stereocenters. The Morgan fingerprint density at radius 1 is 1.37 bits per heavy atom. The van der Waals surface area contributed by atoms with Gasteiger partial charge in [-0.15, -0.1) is 0 Å². The fraction of sp³-hybridized carbons (Fsp3) is 0.286. The van der Waals surface area contributed by atoms with Crippen LogP contribution >= 0.6 is 0 Å². The van der Waals surface area contributed by atoms with Gasteiger partial charge in [-0.05, 0) is 19.4 Å². The topological polar surface area (TPSA) is 44.1 Å². The van der Waals surface area contributed by atoms with Crippen molar-refractivity contribution in [3.05, 3.63) is 54.1 Å². The van der Waals surface area contributed by atoms with Crippen LogP contribution in [0.15, 0.2) is 42.9 Å². The first kappa shape index (κ1) is 16.0. The van der Waals surface area contributed by atoms with Gasteiger partial charge in [-0.3, -0.25) is 0 Å². The molecule has 1 unspecified atom stereocenters. The van der Waals surface area contributed by atoms with E-state index in [9.17, 15) is 4.79 Å². The van der Waals surface area contributed by atoms with Crippen LogP contribution in [0.3, 0.4) is 0 Å². The molecule has 19 heavy (non-hydrogen) atoms. The summed E-state index contributed by atoms with van der Waals surface area (Å²) in [6.45, 7) is 4.18. The second kappa shape index (κ2) is 7.48. The van der Waals surface area contributed by atoms with Crippen LogP contribution < -0.4 is 0 Å². The van der Waals surface area contributed by atoms with Crippen molar-refractivity contribution in [2.24, 2.45) is 0 Å². The number of rotatable bonds is 4. The van der Waals surface area contributed by atoms with Crippen LogP contribution in [0.25, 0.3) is 0 Å². The molecule has 0 fully saturated rings. The zero-order valence-electron chi connectivity index (χ0n) is 10.5. The number of esters is 1. The van der Waals surface area contributed by atoms with Crippen molar-refractivity contribution in [2.45, 2.75) is 19.9 Å². The molecule has 0 spiro atoms. The average molecular weight is 268 g/mol. The van der Waals surface area contributed by atoms with Gasteiger partial charge >= 0.3 is 35.5 Å². The van der Waals surface area contributed by atoms with Crippen molar-refractivity contribution in [3.63, 3.8) is 0 Å². The standard InChI is InChI=1S/C14H16N2O2.Na.H/c1-3-18-14(17)13-9-15-10-16(13)11(2)12-7-5-4-6-8-12;;/h4-11H,3H2,1-2H3;;. The Kier molecular flexibility index (Phi) is 6.28. The summed E-state index contributed by atoms with van der Waals surface area (Å²) >= 11 is 0. The van der Waals surface area contributed by atoms with Gasteiger partial charge in [-0.25, -0.2) is 9.78 Å². The molecule has 0 aliphatic rings. The molecule has 96 valence electrons. The molecule has 0 radical (unpaired) electrons. The molecule has 0 saturated carbocycles. The summed E-state index contributed by atoms with van der Waals surface area (Å²) < 4.78 is 6.84.